The van der Waals surface area contributed by atoms with E-state index in [9.17, 15) is 13.2 Å². The highest BCUT2D eigenvalue weighted by molar-refractivity contribution is 7.99. The van der Waals surface area contributed by atoms with Gasteiger partial charge in [0.2, 0.25) is 15.9 Å². The van der Waals surface area contributed by atoms with Crippen LogP contribution in [0, 0.1) is 0 Å². The molecule has 1 amide bonds. The minimum Gasteiger partial charge on any atom is -0.325 e. The Morgan fingerprint density at radius 2 is 1.80 bits per heavy atom. The maximum absolute atomic E-state index is 12.5. The maximum Gasteiger partial charge on any atom is 0.243 e. The molecular weight excluding hydrogens is 422 g/mol. The van der Waals surface area contributed by atoms with Crippen LogP contribution in [0.5, 0.6) is 0 Å². The molecule has 30 heavy (non-hydrogen) atoms. The zero-order chi connectivity index (χ0) is 21.7. The van der Waals surface area contributed by atoms with Gasteiger partial charge in [-0.3, -0.25) is 9.36 Å². The lowest BCUT2D eigenvalue weighted by Crippen LogP contribution is -2.33. The van der Waals surface area contributed by atoms with Crippen molar-refractivity contribution in [3.63, 3.8) is 0 Å². The predicted octanol–water partition coefficient (Wildman–Crippen LogP) is 3.03. The molecule has 0 saturated carbocycles. The third-order valence-corrected chi connectivity index (χ3v) is 7.42. The molecule has 10 heteroatoms. The van der Waals surface area contributed by atoms with E-state index in [-0.39, 0.29) is 22.6 Å². The van der Waals surface area contributed by atoms with Gasteiger partial charge < -0.3 is 5.32 Å². The Kier molecular flexibility index (Phi) is 6.91. The normalized spacial score (nSPS) is 11.8. The molecule has 0 unspecified atom stereocenters. The number of aromatic nitrogens is 3. The van der Waals surface area contributed by atoms with Crippen molar-refractivity contribution >= 4 is 33.4 Å². The number of benzene rings is 2. The van der Waals surface area contributed by atoms with Crippen molar-refractivity contribution in [2.24, 2.45) is 0 Å². The smallest absolute Gasteiger partial charge is 0.243 e. The molecule has 8 nitrogen and oxygen atoms in total. The number of hydrogen-bond acceptors (Lipinski definition) is 6. The summed E-state index contributed by atoms with van der Waals surface area (Å²) in [7, 11) is -2.01. The molecule has 1 heterocycles. The second-order valence-corrected chi connectivity index (χ2v) is 9.74. The Labute approximate surface area is 180 Å². The summed E-state index contributed by atoms with van der Waals surface area (Å²) in [4.78, 5) is 12.5. The lowest BCUT2D eigenvalue weighted by molar-refractivity contribution is -0.113. The summed E-state index contributed by atoms with van der Waals surface area (Å²) < 4.78 is 28.1. The van der Waals surface area contributed by atoms with Crippen LogP contribution in [-0.4, -0.2) is 52.2 Å². The number of carbonyl (C=O) groups excluding carboxylic acids is 1. The topological polar surface area (TPSA) is 97.2 Å². The zero-order valence-corrected chi connectivity index (χ0v) is 18.5. The van der Waals surface area contributed by atoms with Crippen molar-refractivity contribution in [3.05, 3.63) is 60.9 Å². The number of nitrogens with zero attached hydrogens (tertiary/aromatic N) is 4. The summed E-state index contributed by atoms with van der Waals surface area (Å²) >= 11 is 1.27. The first kappa shape index (κ1) is 22.0. The SMILES string of the molecule is CC(C)N(C)S(=O)(=O)c1ccc(NC(=O)CSc2nncn2-c2ccccc2)cc1. The second kappa shape index (κ2) is 9.41. The first-order valence-corrected chi connectivity index (χ1v) is 11.7. The van der Waals surface area contributed by atoms with Gasteiger partial charge >= 0.3 is 0 Å². The van der Waals surface area contributed by atoms with Crippen molar-refractivity contribution in [3.8, 4) is 5.69 Å². The van der Waals surface area contributed by atoms with Crippen LogP contribution in [0.2, 0.25) is 0 Å². The van der Waals surface area contributed by atoms with Crippen molar-refractivity contribution < 1.29 is 13.2 Å². The fourth-order valence-corrected chi connectivity index (χ4v) is 4.67. The number of anilines is 1. The van der Waals surface area contributed by atoms with E-state index in [1.165, 1.54) is 28.2 Å². The van der Waals surface area contributed by atoms with Gasteiger partial charge in [-0.2, -0.15) is 4.31 Å². The molecule has 0 spiro atoms. The lowest BCUT2D eigenvalue weighted by atomic mass is 10.3. The molecule has 3 rings (SSSR count). The number of thioether (sulfide) groups is 1. The molecule has 158 valence electrons. The summed E-state index contributed by atoms with van der Waals surface area (Å²) in [5.74, 6) is -0.0840. The zero-order valence-electron chi connectivity index (χ0n) is 16.9. The summed E-state index contributed by atoms with van der Waals surface area (Å²) in [5.41, 5.74) is 1.44. The number of amides is 1. The van der Waals surface area contributed by atoms with Crippen LogP contribution in [0.15, 0.2) is 71.0 Å². The summed E-state index contributed by atoms with van der Waals surface area (Å²) in [6.07, 6.45) is 1.60. The largest absolute Gasteiger partial charge is 0.325 e. The van der Waals surface area contributed by atoms with Crippen LogP contribution in [0.3, 0.4) is 0 Å². The number of hydrogen-bond donors (Lipinski definition) is 1. The van der Waals surface area contributed by atoms with E-state index < -0.39 is 10.0 Å². The standard InChI is InChI=1S/C20H23N5O3S2/c1-15(2)24(3)30(27,28)18-11-9-16(10-12-18)22-19(26)13-29-20-23-21-14-25(20)17-7-5-4-6-8-17/h4-12,14-15H,13H2,1-3H3,(H,22,26). The van der Waals surface area contributed by atoms with Gasteiger partial charge in [-0.1, -0.05) is 30.0 Å². The van der Waals surface area contributed by atoms with E-state index >= 15 is 0 Å². The van der Waals surface area contributed by atoms with Crippen LogP contribution < -0.4 is 5.32 Å². The highest BCUT2D eigenvalue weighted by atomic mass is 32.2. The van der Waals surface area contributed by atoms with Crippen molar-refractivity contribution in [2.45, 2.75) is 29.9 Å². The Morgan fingerprint density at radius 1 is 1.13 bits per heavy atom. The van der Waals surface area contributed by atoms with Crippen molar-refractivity contribution in [1.29, 1.82) is 0 Å². The molecule has 0 fully saturated rings. The maximum atomic E-state index is 12.5. The number of rotatable bonds is 8. The summed E-state index contributed by atoms with van der Waals surface area (Å²) in [5, 5.41) is 11.4. The second-order valence-electron chi connectivity index (χ2n) is 6.80. The van der Waals surface area contributed by atoms with Gasteiger partial charge in [-0.05, 0) is 50.2 Å². The van der Waals surface area contributed by atoms with Gasteiger partial charge in [-0.25, -0.2) is 8.42 Å². The molecule has 0 bridgehead atoms. The molecule has 2 aromatic carbocycles. The van der Waals surface area contributed by atoms with Crippen LogP contribution in [0.4, 0.5) is 5.69 Å². The average Bonchev–Trinajstić information content (AvgIpc) is 3.21. The molecule has 0 aliphatic rings. The molecule has 0 radical (unpaired) electrons. The van der Waals surface area contributed by atoms with Gasteiger partial charge in [0, 0.05) is 24.5 Å². The van der Waals surface area contributed by atoms with Crippen LogP contribution in [0.1, 0.15) is 13.8 Å². The minimum atomic E-state index is -3.56. The van der Waals surface area contributed by atoms with Crippen LogP contribution >= 0.6 is 11.8 Å². The third-order valence-electron chi connectivity index (χ3n) is 4.43. The summed E-state index contributed by atoms with van der Waals surface area (Å²) in [6, 6.07) is 15.6. The van der Waals surface area contributed by atoms with Gasteiger partial charge in [0.15, 0.2) is 5.16 Å². The van der Waals surface area contributed by atoms with E-state index in [1.807, 2.05) is 48.7 Å². The van der Waals surface area contributed by atoms with Gasteiger partial charge in [0.05, 0.1) is 10.6 Å². The molecule has 0 saturated heterocycles. The van der Waals surface area contributed by atoms with Crippen molar-refractivity contribution in [1.82, 2.24) is 19.1 Å². The molecule has 0 aliphatic carbocycles. The van der Waals surface area contributed by atoms with E-state index in [4.69, 9.17) is 0 Å². The first-order valence-electron chi connectivity index (χ1n) is 9.25. The van der Waals surface area contributed by atoms with Crippen LogP contribution in [0.25, 0.3) is 5.69 Å². The average molecular weight is 446 g/mol. The van der Waals surface area contributed by atoms with Gasteiger partial charge in [0.1, 0.15) is 6.33 Å². The highest BCUT2D eigenvalue weighted by Crippen LogP contribution is 2.21. The quantitative estimate of drug-likeness (QED) is 0.535. The van der Waals surface area contributed by atoms with E-state index in [1.54, 1.807) is 25.5 Å². The Balaban J connectivity index is 1.61. The fraction of sp³-hybridized carbons (Fsp3) is 0.250. The molecule has 1 N–H and O–H groups in total. The number of nitrogens with one attached hydrogen (secondary N) is 1. The first-order chi connectivity index (χ1) is 14.3. The van der Waals surface area contributed by atoms with Gasteiger partial charge in [-0.15, -0.1) is 10.2 Å². The molecule has 3 aromatic rings. The number of para-hydroxylation sites is 1. The Hall–Kier alpha value is -2.69. The Bertz CT molecular complexity index is 1100. The molecule has 1 aromatic heterocycles. The third kappa shape index (κ3) is 5.07. The van der Waals surface area contributed by atoms with Crippen molar-refractivity contribution in [2.75, 3.05) is 18.1 Å². The van der Waals surface area contributed by atoms with E-state index in [0.717, 1.165) is 5.69 Å². The van der Waals surface area contributed by atoms with Crippen LogP contribution in [-0.2, 0) is 14.8 Å². The summed E-state index contributed by atoms with van der Waals surface area (Å²) in [6.45, 7) is 3.62. The van der Waals surface area contributed by atoms with Gasteiger partial charge in [0.25, 0.3) is 0 Å². The monoisotopic (exact) mass is 445 g/mol. The molecule has 0 atom stereocenters. The predicted molar refractivity (Wildman–Crippen MR) is 117 cm³/mol. The Morgan fingerprint density at radius 3 is 2.43 bits per heavy atom. The number of carbonyl (C=O) groups is 1. The number of sulfonamides is 1. The fourth-order valence-electron chi connectivity index (χ4n) is 2.57. The van der Waals surface area contributed by atoms with E-state index in [2.05, 4.69) is 15.5 Å². The lowest BCUT2D eigenvalue weighted by Gasteiger charge is -2.21. The minimum absolute atomic E-state index is 0.141. The highest BCUT2D eigenvalue weighted by Gasteiger charge is 2.22. The van der Waals surface area contributed by atoms with E-state index in [0.29, 0.717) is 10.8 Å². The molecule has 0 aliphatic heterocycles. The molecular formula is C20H23N5O3S2.